The van der Waals surface area contributed by atoms with Gasteiger partial charge in [0, 0.05) is 11.1 Å². The topological polar surface area (TPSA) is 35.2 Å². The molecule has 0 spiro atoms. The molecule has 0 fully saturated rings. The molecule has 0 unspecified atom stereocenters. The number of ether oxygens (including phenoxy) is 1. The maximum atomic E-state index is 13.3. The van der Waals surface area contributed by atoms with E-state index in [1.165, 1.54) is 6.07 Å². The molecule has 2 N–H and O–H groups in total. The molecule has 0 radical (unpaired) electrons. The number of rotatable bonds is 2. The molecule has 0 aliphatic rings. The van der Waals surface area contributed by atoms with Crippen LogP contribution in [0.4, 0.5) is 10.1 Å². The number of benzene rings is 2. The molecular weight excluding hydrogens is 241 g/mol. The summed E-state index contributed by atoms with van der Waals surface area (Å²) < 4.78 is 18.8. The minimum Gasteiger partial charge on any atom is -0.455 e. The summed E-state index contributed by atoms with van der Waals surface area (Å²) in [7, 11) is 0. The van der Waals surface area contributed by atoms with Gasteiger partial charge in [-0.1, -0.05) is 17.7 Å². The molecular formula is C13H11ClFNO. The van der Waals surface area contributed by atoms with Gasteiger partial charge in [-0.05, 0) is 36.8 Å². The smallest absolute Gasteiger partial charge is 0.150 e. The zero-order chi connectivity index (χ0) is 12.4. The van der Waals surface area contributed by atoms with Gasteiger partial charge in [0.1, 0.15) is 17.3 Å². The lowest BCUT2D eigenvalue weighted by atomic mass is 10.2. The predicted molar refractivity (Wildman–Crippen MR) is 67.1 cm³/mol. The zero-order valence-electron chi connectivity index (χ0n) is 9.21. The Balaban J connectivity index is 2.28. The monoisotopic (exact) mass is 251 g/mol. The fourth-order valence-corrected chi connectivity index (χ4v) is 1.56. The van der Waals surface area contributed by atoms with E-state index in [0.717, 1.165) is 0 Å². The molecule has 0 saturated heterocycles. The maximum absolute atomic E-state index is 13.3. The lowest BCUT2D eigenvalue weighted by Crippen LogP contribution is -1.92. The van der Waals surface area contributed by atoms with E-state index in [1.807, 2.05) is 0 Å². The number of anilines is 1. The average Bonchev–Trinajstić information content (AvgIpc) is 2.27. The van der Waals surface area contributed by atoms with E-state index in [-0.39, 0.29) is 5.82 Å². The zero-order valence-corrected chi connectivity index (χ0v) is 9.96. The van der Waals surface area contributed by atoms with Crippen LogP contribution in [0.1, 0.15) is 5.56 Å². The molecule has 88 valence electrons. The molecule has 0 aliphatic heterocycles. The summed E-state index contributed by atoms with van der Waals surface area (Å²) in [6, 6.07) is 9.56. The summed E-state index contributed by atoms with van der Waals surface area (Å²) in [4.78, 5) is 0. The van der Waals surface area contributed by atoms with E-state index in [0.29, 0.717) is 27.8 Å². The number of nitrogen functional groups attached to an aromatic ring is 1. The molecule has 0 amide bonds. The van der Waals surface area contributed by atoms with Crippen LogP contribution in [-0.4, -0.2) is 0 Å². The summed E-state index contributed by atoms with van der Waals surface area (Å²) in [5.74, 6) is 0.551. The Morgan fingerprint density at radius 3 is 2.59 bits per heavy atom. The van der Waals surface area contributed by atoms with Crippen LogP contribution in [0.2, 0.25) is 5.02 Å². The van der Waals surface area contributed by atoms with E-state index < -0.39 is 0 Å². The summed E-state index contributed by atoms with van der Waals surface area (Å²) >= 11 is 5.77. The van der Waals surface area contributed by atoms with Crippen LogP contribution in [0.5, 0.6) is 11.5 Å². The molecule has 0 atom stereocenters. The number of nitrogens with two attached hydrogens (primary N) is 1. The third-order valence-electron chi connectivity index (χ3n) is 2.34. The predicted octanol–water partition coefficient (Wildman–Crippen LogP) is 4.16. The van der Waals surface area contributed by atoms with Crippen molar-refractivity contribution >= 4 is 17.3 Å². The average molecular weight is 252 g/mol. The highest BCUT2D eigenvalue weighted by Gasteiger charge is 2.05. The molecule has 4 heteroatoms. The van der Waals surface area contributed by atoms with Gasteiger partial charge < -0.3 is 10.5 Å². The lowest BCUT2D eigenvalue weighted by molar-refractivity contribution is 0.478. The van der Waals surface area contributed by atoms with E-state index in [1.54, 1.807) is 37.3 Å². The molecule has 0 saturated carbocycles. The fraction of sp³-hybridized carbons (Fsp3) is 0.0769. The van der Waals surface area contributed by atoms with Crippen molar-refractivity contribution in [1.29, 1.82) is 0 Å². The minimum atomic E-state index is -0.310. The molecule has 2 nitrogen and oxygen atoms in total. The number of hydrogen-bond donors (Lipinski definition) is 1. The van der Waals surface area contributed by atoms with Gasteiger partial charge in [0.25, 0.3) is 0 Å². The molecule has 0 aromatic heterocycles. The van der Waals surface area contributed by atoms with Gasteiger partial charge in [-0.3, -0.25) is 0 Å². The van der Waals surface area contributed by atoms with Crippen molar-refractivity contribution in [3.05, 3.63) is 52.8 Å². The molecule has 2 rings (SSSR count). The standard InChI is InChI=1S/C13H11ClFNO/c1-8-2-4-10(7-11(8)15)17-13-5-3-9(14)6-12(13)16/h2-7H,16H2,1H3. The van der Waals surface area contributed by atoms with Gasteiger partial charge in [-0.2, -0.15) is 0 Å². The second-order valence-corrected chi connectivity index (χ2v) is 4.13. The largest absolute Gasteiger partial charge is 0.455 e. The van der Waals surface area contributed by atoms with Gasteiger partial charge >= 0.3 is 0 Å². The van der Waals surface area contributed by atoms with Crippen LogP contribution in [0.25, 0.3) is 0 Å². The van der Waals surface area contributed by atoms with Crippen molar-refractivity contribution < 1.29 is 9.13 Å². The molecule has 0 aliphatic carbocycles. The van der Waals surface area contributed by atoms with Crippen molar-refractivity contribution in [3.63, 3.8) is 0 Å². The third-order valence-corrected chi connectivity index (χ3v) is 2.58. The second-order valence-electron chi connectivity index (χ2n) is 3.70. The van der Waals surface area contributed by atoms with Gasteiger partial charge in [-0.15, -0.1) is 0 Å². The molecule has 2 aromatic carbocycles. The normalized spacial score (nSPS) is 10.3. The Hall–Kier alpha value is -1.74. The fourth-order valence-electron chi connectivity index (χ4n) is 1.38. The van der Waals surface area contributed by atoms with Crippen LogP contribution in [0, 0.1) is 12.7 Å². The Kier molecular flexibility index (Phi) is 3.20. The van der Waals surface area contributed by atoms with Gasteiger partial charge in [0.15, 0.2) is 0 Å². The van der Waals surface area contributed by atoms with Crippen molar-refractivity contribution in [1.82, 2.24) is 0 Å². The Morgan fingerprint density at radius 2 is 1.94 bits per heavy atom. The van der Waals surface area contributed by atoms with Gasteiger partial charge in [-0.25, -0.2) is 4.39 Å². The van der Waals surface area contributed by atoms with E-state index in [2.05, 4.69) is 0 Å². The Labute approximate surface area is 104 Å². The highest BCUT2D eigenvalue weighted by atomic mass is 35.5. The first-order valence-corrected chi connectivity index (χ1v) is 5.43. The van der Waals surface area contributed by atoms with Crippen LogP contribution in [0.3, 0.4) is 0 Å². The van der Waals surface area contributed by atoms with Crippen LogP contribution >= 0.6 is 11.6 Å². The first-order valence-electron chi connectivity index (χ1n) is 5.05. The first kappa shape index (κ1) is 11.7. The summed E-state index contributed by atoms with van der Waals surface area (Å²) in [5, 5.41) is 0.532. The van der Waals surface area contributed by atoms with Crippen molar-refractivity contribution in [2.24, 2.45) is 0 Å². The lowest BCUT2D eigenvalue weighted by Gasteiger charge is -2.09. The summed E-state index contributed by atoms with van der Waals surface area (Å²) in [6.45, 7) is 1.69. The van der Waals surface area contributed by atoms with Gasteiger partial charge in [0.2, 0.25) is 0 Å². The highest BCUT2D eigenvalue weighted by Crippen LogP contribution is 2.30. The van der Waals surface area contributed by atoms with Crippen molar-refractivity contribution in [2.75, 3.05) is 5.73 Å². The van der Waals surface area contributed by atoms with E-state index >= 15 is 0 Å². The van der Waals surface area contributed by atoms with Crippen LogP contribution < -0.4 is 10.5 Å². The quantitative estimate of drug-likeness (QED) is 0.814. The SMILES string of the molecule is Cc1ccc(Oc2ccc(Cl)cc2N)cc1F. The number of halogens is 2. The van der Waals surface area contributed by atoms with Crippen molar-refractivity contribution in [2.45, 2.75) is 6.92 Å². The van der Waals surface area contributed by atoms with Crippen molar-refractivity contribution in [3.8, 4) is 11.5 Å². The molecule has 0 bridgehead atoms. The number of aryl methyl sites for hydroxylation is 1. The van der Waals surface area contributed by atoms with Gasteiger partial charge in [0.05, 0.1) is 5.69 Å². The minimum absolute atomic E-state index is 0.310. The molecule has 0 heterocycles. The summed E-state index contributed by atoms with van der Waals surface area (Å²) in [6.07, 6.45) is 0. The second kappa shape index (κ2) is 4.63. The van der Waals surface area contributed by atoms with E-state index in [9.17, 15) is 4.39 Å². The van der Waals surface area contributed by atoms with Crippen LogP contribution in [-0.2, 0) is 0 Å². The molecule has 17 heavy (non-hydrogen) atoms. The van der Waals surface area contributed by atoms with Crippen LogP contribution in [0.15, 0.2) is 36.4 Å². The van der Waals surface area contributed by atoms with E-state index in [4.69, 9.17) is 22.1 Å². The highest BCUT2D eigenvalue weighted by molar-refractivity contribution is 6.30. The Bertz CT molecular complexity index is 557. The number of hydrogen-bond acceptors (Lipinski definition) is 2. The first-order chi connectivity index (χ1) is 8.06. The third kappa shape index (κ3) is 2.68. The maximum Gasteiger partial charge on any atom is 0.150 e. The summed E-state index contributed by atoms with van der Waals surface area (Å²) in [5.41, 5.74) is 6.72. The molecule has 2 aromatic rings. The Morgan fingerprint density at radius 1 is 1.18 bits per heavy atom.